The van der Waals surface area contributed by atoms with Gasteiger partial charge in [0.15, 0.2) is 0 Å². The number of fused-ring (bicyclic) bond motifs is 2. The van der Waals surface area contributed by atoms with Gasteiger partial charge in [0, 0.05) is 20.8 Å². The van der Waals surface area contributed by atoms with Crippen molar-refractivity contribution < 1.29 is 4.79 Å². The molecule has 4 aromatic rings. The van der Waals surface area contributed by atoms with Gasteiger partial charge in [-0.2, -0.15) is 5.26 Å². The van der Waals surface area contributed by atoms with Crippen LogP contribution in [0.25, 0.3) is 22.2 Å². The molecule has 1 aliphatic carbocycles. The van der Waals surface area contributed by atoms with Crippen LogP contribution in [-0.2, 0) is 12.8 Å². The second-order valence-corrected chi connectivity index (χ2v) is 10.2. The third-order valence-electron chi connectivity index (χ3n) is 6.49. The van der Waals surface area contributed by atoms with Crippen molar-refractivity contribution in [3.05, 3.63) is 80.7 Å². The van der Waals surface area contributed by atoms with Gasteiger partial charge in [-0.25, -0.2) is 4.98 Å². The summed E-state index contributed by atoms with van der Waals surface area (Å²) in [6.45, 7) is 1.93. The molecule has 170 valence electrons. The van der Waals surface area contributed by atoms with Gasteiger partial charge in [0.25, 0.3) is 5.91 Å². The Bertz CT molecular complexity index is 1430. The van der Waals surface area contributed by atoms with Crippen LogP contribution >= 0.6 is 22.9 Å². The molecule has 4 nitrogen and oxygen atoms in total. The first-order valence-corrected chi connectivity index (χ1v) is 12.8. The summed E-state index contributed by atoms with van der Waals surface area (Å²) < 4.78 is 0. The van der Waals surface area contributed by atoms with Crippen LogP contribution in [0.1, 0.15) is 57.6 Å². The molecule has 0 atom stereocenters. The number of rotatable bonds is 3. The molecule has 6 heteroatoms. The van der Waals surface area contributed by atoms with Gasteiger partial charge in [0.1, 0.15) is 11.1 Å². The van der Waals surface area contributed by atoms with Gasteiger partial charge in [0.05, 0.1) is 22.3 Å². The fraction of sp³-hybridized carbons (Fsp3) is 0.250. The van der Waals surface area contributed by atoms with Crippen molar-refractivity contribution in [1.29, 1.82) is 5.26 Å². The van der Waals surface area contributed by atoms with E-state index >= 15 is 0 Å². The number of para-hydroxylation sites is 1. The summed E-state index contributed by atoms with van der Waals surface area (Å²) >= 11 is 7.65. The summed E-state index contributed by atoms with van der Waals surface area (Å²) in [6, 6.07) is 17.5. The minimum absolute atomic E-state index is 0.211. The van der Waals surface area contributed by atoms with Crippen LogP contribution in [0, 0.1) is 18.3 Å². The number of hydrogen-bond acceptors (Lipinski definition) is 4. The van der Waals surface area contributed by atoms with E-state index < -0.39 is 0 Å². The largest absolute Gasteiger partial charge is 0.312 e. The fourth-order valence-electron chi connectivity index (χ4n) is 4.78. The Kier molecular flexibility index (Phi) is 6.36. The summed E-state index contributed by atoms with van der Waals surface area (Å²) in [7, 11) is 0. The molecule has 5 rings (SSSR count). The number of aryl methyl sites for hydroxylation is 1. The van der Waals surface area contributed by atoms with Crippen molar-refractivity contribution in [2.24, 2.45) is 0 Å². The van der Waals surface area contributed by atoms with Crippen molar-refractivity contribution in [2.45, 2.75) is 45.4 Å². The van der Waals surface area contributed by atoms with Gasteiger partial charge < -0.3 is 5.32 Å². The molecule has 0 radical (unpaired) electrons. The lowest BCUT2D eigenvalue weighted by Gasteiger charge is -2.14. The highest BCUT2D eigenvalue weighted by Crippen LogP contribution is 2.38. The molecular formula is C28H24ClN3OS. The molecule has 34 heavy (non-hydrogen) atoms. The Morgan fingerprint density at radius 1 is 1.06 bits per heavy atom. The molecule has 1 N–H and O–H groups in total. The second-order valence-electron chi connectivity index (χ2n) is 8.67. The van der Waals surface area contributed by atoms with Gasteiger partial charge >= 0.3 is 0 Å². The van der Waals surface area contributed by atoms with Crippen LogP contribution in [0.2, 0.25) is 5.02 Å². The monoisotopic (exact) mass is 485 g/mol. The standard InChI is InChI=1S/C28H24ClN3OS/c1-17-25(21-9-6-7-10-23(21)31-26(17)18-12-14-19(29)15-13-18)27(33)32-28-22(16-30)20-8-4-2-3-5-11-24(20)34-28/h6-7,9-10,12-15H,2-5,8,11H2,1H3,(H,32,33). The molecule has 2 aromatic carbocycles. The van der Waals surface area contributed by atoms with Crippen LogP contribution in [0.3, 0.4) is 0 Å². The number of nitriles is 1. The molecule has 2 heterocycles. The minimum atomic E-state index is -0.211. The Morgan fingerprint density at radius 2 is 1.79 bits per heavy atom. The van der Waals surface area contributed by atoms with E-state index in [4.69, 9.17) is 16.6 Å². The lowest BCUT2D eigenvalue weighted by Crippen LogP contribution is -2.15. The molecule has 1 amide bonds. The Labute approximate surface area is 208 Å². The highest BCUT2D eigenvalue weighted by molar-refractivity contribution is 7.16. The Morgan fingerprint density at radius 3 is 2.56 bits per heavy atom. The maximum Gasteiger partial charge on any atom is 0.257 e. The van der Waals surface area contributed by atoms with Crippen molar-refractivity contribution in [1.82, 2.24) is 4.98 Å². The number of amides is 1. The first kappa shape index (κ1) is 22.6. The van der Waals surface area contributed by atoms with Crippen molar-refractivity contribution in [3.8, 4) is 17.3 Å². The first-order chi connectivity index (χ1) is 16.6. The molecule has 0 saturated carbocycles. The quantitative estimate of drug-likeness (QED) is 0.323. The molecular weight excluding hydrogens is 462 g/mol. The van der Waals surface area contributed by atoms with Crippen LogP contribution in [0.4, 0.5) is 5.00 Å². The number of pyridine rings is 1. The lowest BCUT2D eigenvalue weighted by molar-refractivity contribution is 0.102. The summed E-state index contributed by atoms with van der Waals surface area (Å²) in [4.78, 5) is 19.8. The smallest absolute Gasteiger partial charge is 0.257 e. The topological polar surface area (TPSA) is 65.8 Å². The van der Waals surface area contributed by atoms with E-state index in [-0.39, 0.29) is 5.91 Å². The summed E-state index contributed by atoms with van der Waals surface area (Å²) in [5.74, 6) is -0.211. The van der Waals surface area contributed by atoms with E-state index in [1.54, 1.807) is 11.3 Å². The van der Waals surface area contributed by atoms with E-state index in [1.807, 2.05) is 55.5 Å². The fourth-order valence-corrected chi connectivity index (χ4v) is 6.14. The van der Waals surface area contributed by atoms with E-state index in [0.717, 1.165) is 59.0 Å². The van der Waals surface area contributed by atoms with E-state index in [0.29, 0.717) is 21.2 Å². The number of aromatic nitrogens is 1. The highest BCUT2D eigenvalue weighted by atomic mass is 35.5. The summed E-state index contributed by atoms with van der Waals surface area (Å²) in [6.07, 6.45) is 6.51. The predicted molar refractivity (Wildman–Crippen MR) is 140 cm³/mol. The zero-order valence-electron chi connectivity index (χ0n) is 19.0. The molecule has 0 aliphatic heterocycles. The normalized spacial score (nSPS) is 13.6. The van der Waals surface area contributed by atoms with Crippen molar-refractivity contribution >= 4 is 44.7 Å². The van der Waals surface area contributed by atoms with Crippen LogP contribution in [0.5, 0.6) is 0 Å². The average Bonchev–Trinajstić information content (AvgIpc) is 3.14. The Hall–Kier alpha value is -3.20. The van der Waals surface area contributed by atoms with Crippen LogP contribution in [-0.4, -0.2) is 10.9 Å². The van der Waals surface area contributed by atoms with Gasteiger partial charge in [0.2, 0.25) is 0 Å². The maximum atomic E-state index is 13.7. The van der Waals surface area contributed by atoms with Gasteiger partial charge in [-0.1, -0.05) is 54.8 Å². The maximum absolute atomic E-state index is 13.7. The zero-order valence-corrected chi connectivity index (χ0v) is 20.5. The number of halogens is 1. The minimum Gasteiger partial charge on any atom is -0.312 e. The molecule has 2 aromatic heterocycles. The third kappa shape index (κ3) is 4.20. The van der Waals surface area contributed by atoms with Gasteiger partial charge in [-0.05, 0) is 61.9 Å². The van der Waals surface area contributed by atoms with Crippen molar-refractivity contribution in [2.75, 3.05) is 5.32 Å². The number of hydrogen-bond donors (Lipinski definition) is 1. The number of benzene rings is 2. The number of carbonyl (C=O) groups is 1. The number of carbonyl (C=O) groups excluding carboxylic acids is 1. The molecule has 1 aliphatic rings. The van der Waals surface area contributed by atoms with Crippen molar-refractivity contribution in [3.63, 3.8) is 0 Å². The molecule has 0 spiro atoms. The second kappa shape index (κ2) is 9.58. The SMILES string of the molecule is Cc1c(-c2ccc(Cl)cc2)nc2ccccc2c1C(=O)Nc1sc2c(c1C#N)CCCCCC2. The highest BCUT2D eigenvalue weighted by Gasteiger charge is 2.24. The van der Waals surface area contributed by atoms with E-state index in [2.05, 4.69) is 11.4 Å². The summed E-state index contributed by atoms with van der Waals surface area (Å²) in [5, 5.41) is 15.1. The van der Waals surface area contributed by atoms with Gasteiger partial charge in [-0.15, -0.1) is 11.3 Å². The summed E-state index contributed by atoms with van der Waals surface area (Å²) in [5.41, 5.74) is 5.54. The Balaban J connectivity index is 1.60. The average molecular weight is 486 g/mol. The lowest BCUT2D eigenvalue weighted by atomic mass is 9.96. The van der Waals surface area contributed by atoms with Gasteiger partial charge in [-0.3, -0.25) is 4.79 Å². The first-order valence-electron chi connectivity index (χ1n) is 11.6. The molecule has 0 fully saturated rings. The van der Waals surface area contributed by atoms with Crippen LogP contribution in [0.15, 0.2) is 48.5 Å². The predicted octanol–water partition coefficient (Wildman–Crippen LogP) is 7.71. The number of nitrogens with zero attached hydrogens (tertiary/aromatic N) is 2. The molecule has 0 saturated heterocycles. The number of thiophene rings is 1. The number of nitrogens with one attached hydrogen (secondary N) is 1. The molecule has 0 bridgehead atoms. The number of anilines is 1. The van der Waals surface area contributed by atoms with E-state index in [9.17, 15) is 10.1 Å². The molecule has 0 unspecified atom stereocenters. The van der Waals surface area contributed by atoms with Crippen LogP contribution < -0.4 is 5.32 Å². The third-order valence-corrected chi connectivity index (χ3v) is 7.95. The zero-order chi connectivity index (χ0) is 23.7. The van der Waals surface area contributed by atoms with E-state index in [1.165, 1.54) is 17.7 Å².